The van der Waals surface area contributed by atoms with Gasteiger partial charge in [-0.3, -0.25) is 9.59 Å². The molecule has 1 saturated carbocycles. The van der Waals surface area contributed by atoms with Crippen LogP contribution in [0, 0.1) is 0 Å². The largest absolute Gasteiger partial charge is 0.496 e. The molecule has 0 bridgehead atoms. The summed E-state index contributed by atoms with van der Waals surface area (Å²) >= 11 is 0. The maximum Gasteiger partial charge on any atom is 0.249 e. The van der Waals surface area contributed by atoms with Gasteiger partial charge >= 0.3 is 0 Å². The summed E-state index contributed by atoms with van der Waals surface area (Å²) in [4.78, 5) is 28.4. The molecule has 3 aromatic carbocycles. The van der Waals surface area contributed by atoms with E-state index in [1.807, 2.05) is 29.2 Å². The number of hydrogen-bond donors (Lipinski definition) is 2. The van der Waals surface area contributed by atoms with Gasteiger partial charge in [0.2, 0.25) is 11.8 Å². The summed E-state index contributed by atoms with van der Waals surface area (Å²) in [5.41, 5.74) is 4.36. The molecule has 182 valence electrons. The van der Waals surface area contributed by atoms with Gasteiger partial charge in [-0.05, 0) is 79.6 Å². The maximum atomic E-state index is 13.9. The maximum absolute atomic E-state index is 13.9. The average Bonchev–Trinajstić information content (AvgIpc) is 3.74. The smallest absolute Gasteiger partial charge is 0.249 e. The van der Waals surface area contributed by atoms with Gasteiger partial charge in [0.15, 0.2) is 0 Å². The van der Waals surface area contributed by atoms with Crippen LogP contribution in [0.4, 0.5) is 5.69 Å². The van der Waals surface area contributed by atoms with Crippen LogP contribution >= 0.6 is 0 Å². The van der Waals surface area contributed by atoms with Crippen LogP contribution < -0.4 is 20.3 Å². The Kier molecular flexibility index (Phi) is 6.48. The minimum atomic E-state index is -0.590. The van der Waals surface area contributed by atoms with Crippen molar-refractivity contribution < 1.29 is 14.3 Å². The number of nitrogens with zero attached hydrogens (tertiary/aromatic N) is 1. The summed E-state index contributed by atoms with van der Waals surface area (Å²) in [5, 5.41) is 8.18. The molecular weight excluding hydrogens is 438 g/mol. The number of methoxy groups -OCH3 is 1. The molecule has 1 aliphatic carbocycles. The van der Waals surface area contributed by atoms with Crippen LogP contribution in [0.3, 0.4) is 0 Å². The first-order chi connectivity index (χ1) is 17.0. The Morgan fingerprint density at radius 3 is 2.66 bits per heavy atom. The molecule has 2 atom stereocenters. The second-order valence-electron chi connectivity index (χ2n) is 9.66. The number of rotatable bonds is 7. The third-order valence-corrected chi connectivity index (χ3v) is 7.39. The number of ether oxygens (including phenoxy) is 1. The Balaban J connectivity index is 1.54. The van der Waals surface area contributed by atoms with Gasteiger partial charge in [0.25, 0.3) is 0 Å². The first-order valence-corrected chi connectivity index (χ1v) is 12.5. The Bertz CT molecular complexity index is 1270. The second-order valence-corrected chi connectivity index (χ2v) is 9.66. The number of benzene rings is 3. The number of hydrogen-bond acceptors (Lipinski definition) is 4. The van der Waals surface area contributed by atoms with E-state index in [2.05, 4.69) is 41.0 Å². The average molecular weight is 472 g/mol. The third-order valence-electron chi connectivity index (χ3n) is 7.39. The van der Waals surface area contributed by atoms with Crippen molar-refractivity contribution in [2.75, 3.05) is 19.1 Å². The van der Waals surface area contributed by atoms with Crippen LogP contribution in [0.1, 0.15) is 48.8 Å². The van der Waals surface area contributed by atoms with Gasteiger partial charge in [-0.2, -0.15) is 0 Å². The molecule has 0 radical (unpaired) electrons. The fourth-order valence-corrected chi connectivity index (χ4v) is 5.02. The van der Waals surface area contributed by atoms with Crippen molar-refractivity contribution in [2.45, 2.75) is 57.2 Å². The number of aryl methyl sites for hydroxylation is 1. The molecule has 35 heavy (non-hydrogen) atoms. The van der Waals surface area contributed by atoms with Crippen molar-refractivity contribution >= 4 is 28.3 Å². The highest BCUT2D eigenvalue weighted by atomic mass is 16.5. The number of anilines is 1. The minimum absolute atomic E-state index is 0.0970. The number of para-hydroxylation sites is 1. The standard InChI is InChI=1S/C29H33N3O3/c1-18(30-2)28(33)31-25-14-11-20-6-4-5-7-26(20)32(29(25)34)17-24-23-13-10-21(19-8-9-19)16-22(23)12-15-27(24)35-3/h4-7,10,12-13,15-16,18-19,25,30H,8-9,11,14,17H2,1-3H3,(H,31,33). The van der Waals surface area contributed by atoms with Crippen LogP contribution in [0.25, 0.3) is 10.8 Å². The van der Waals surface area contributed by atoms with Crippen molar-refractivity contribution in [3.63, 3.8) is 0 Å². The van der Waals surface area contributed by atoms with Crippen molar-refractivity contribution in [1.29, 1.82) is 0 Å². The molecular formula is C29H33N3O3. The van der Waals surface area contributed by atoms with Gasteiger partial charge in [-0.1, -0.05) is 42.5 Å². The number of nitrogens with one attached hydrogen (secondary N) is 2. The molecule has 6 nitrogen and oxygen atoms in total. The molecule has 2 unspecified atom stereocenters. The molecule has 2 amide bonds. The Morgan fingerprint density at radius 2 is 1.91 bits per heavy atom. The lowest BCUT2D eigenvalue weighted by molar-refractivity contribution is -0.128. The lowest BCUT2D eigenvalue weighted by Gasteiger charge is -2.28. The van der Waals surface area contributed by atoms with Gasteiger partial charge in [0.1, 0.15) is 11.8 Å². The van der Waals surface area contributed by atoms with E-state index in [1.54, 1.807) is 21.1 Å². The summed E-state index contributed by atoms with van der Waals surface area (Å²) in [6, 6.07) is 17.8. The van der Waals surface area contributed by atoms with E-state index in [4.69, 9.17) is 4.74 Å². The zero-order valence-corrected chi connectivity index (χ0v) is 20.6. The summed E-state index contributed by atoms with van der Waals surface area (Å²) in [6.07, 6.45) is 3.79. The molecule has 1 fully saturated rings. The van der Waals surface area contributed by atoms with Gasteiger partial charge in [0.05, 0.1) is 19.7 Å². The van der Waals surface area contributed by atoms with Gasteiger partial charge < -0.3 is 20.3 Å². The van der Waals surface area contributed by atoms with E-state index >= 15 is 0 Å². The Morgan fingerprint density at radius 1 is 1.11 bits per heavy atom. The fourth-order valence-electron chi connectivity index (χ4n) is 5.02. The number of carbonyl (C=O) groups is 2. The number of fused-ring (bicyclic) bond motifs is 2. The van der Waals surface area contributed by atoms with Crippen LogP contribution in [0.5, 0.6) is 5.75 Å². The third kappa shape index (κ3) is 4.63. The van der Waals surface area contributed by atoms with Gasteiger partial charge in [-0.15, -0.1) is 0 Å². The molecule has 3 aromatic rings. The van der Waals surface area contributed by atoms with Crippen molar-refractivity contribution in [2.24, 2.45) is 0 Å². The van der Waals surface area contributed by atoms with Gasteiger partial charge in [-0.25, -0.2) is 0 Å². The lowest BCUT2D eigenvalue weighted by Crippen LogP contribution is -2.52. The molecule has 5 rings (SSSR count). The number of carbonyl (C=O) groups excluding carboxylic acids is 2. The quantitative estimate of drug-likeness (QED) is 0.539. The molecule has 2 aliphatic rings. The molecule has 0 saturated heterocycles. The molecule has 0 spiro atoms. The van der Waals surface area contributed by atoms with Crippen molar-refractivity contribution in [3.05, 3.63) is 71.3 Å². The molecule has 1 aliphatic heterocycles. The predicted molar refractivity (Wildman–Crippen MR) is 139 cm³/mol. The van der Waals surface area contributed by atoms with E-state index in [0.717, 1.165) is 33.3 Å². The normalized spacial score (nSPS) is 18.7. The predicted octanol–water partition coefficient (Wildman–Crippen LogP) is 4.30. The zero-order chi connectivity index (χ0) is 24.5. The topological polar surface area (TPSA) is 70.7 Å². The first-order valence-electron chi connectivity index (χ1n) is 12.5. The van der Waals surface area contributed by atoms with E-state index < -0.39 is 6.04 Å². The Hall–Kier alpha value is -3.38. The molecule has 0 aromatic heterocycles. The molecule has 1 heterocycles. The van der Waals surface area contributed by atoms with E-state index in [9.17, 15) is 9.59 Å². The van der Waals surface area contributed by atoms with Crippen molar-refractivity contribution in [3.8, 4) is 5.75 Å². The molecule has 2 N–H and O–H groups in total. The summed E-state index contributed by atoms with van der Waals surface area (Å²) in [6.45, 7) is 2.16. The number of amides is 2. The monoisotopic (exact) mass is 471 g/mol. The fraction of sp³-hybridized carbons (Fsp3) is 0.379. The SMILES string of the molecule is CNC(C)C(=O)NC1CCc2ccccc2N(Cc2c(OC)ccc3cc(C4CC4)ccc23)C1=O. The minimum Gasteiger partial charge on any atom is -0.496 e. The van der Waals surface area contributed by atoms with Crippen LogP contribution in [0.2, 0.25) is 0 Å². The number of likely N-dealkylation sites (N-methyl/N-ethyl adjacent to an activating group) is 1. The van der Waals surface area contributed by atoms with E-state index in [1.165, 1.54) is 18.4 Å². The first kappa shape index (κ1) is 23.4. The molecule has 6 heteroatoms. The summed E-state index contributed by atoms with van der Waals surface area (Å²) < 4.78 is 5.76. The van der Waals surface area contributed by atoms with E-state index in [0.29, 0.717) is 25.3 Å². The van der Waals surface area contributed by atoms with Crippen LogP contribution in [-0.4, -0.2) is 38.1 Å². The van der Waals surface area contributed by atoms with Crippen LogP contribution in [0.15, 0.2) is 54.6 Å². The highest BCUT2D eigenvalue weighted by Crippen LogP contribution is 2.42. The van der Waals surface area contributed by atoms with Crippen LogP contribution in [-0.2, 0) is 22.6 Å². The second kappa shape index (κ2) is 9.70. The van der Waals surface area contributed by atoms with Gasteiger partial charge in [0, 0.05) is 11.3 Å². The highest BCUT2D eigenvalue weighted by molar-refractivity contribution is 6.01. The zero-order valence-electron chi connectivity index (χ0n) is 20.6. The Labute approximate surface area is 206 Å². The highest BCUT2D eigenvalue weighted by Gasteiger charge is 2.33. The summed E-state index contributed by atoms with van der Waals surface area (Å²) in [5.74, 6) is 1.16. The summed E-state index contributed by atoms with van der Waals surface area (Å²) in [7, 11) is 3.41. The van der Waals surface area contributed by atoms with E-state index in [-0.39, 0.29) is 17.9 Å². The van der Waals surface area contributed by atoms with Crippen molar-refractivity contribution in [1.82, 2.24) is 10.6 Å². The lowest BCUT2D eigenvalue weighted by atomic mass is 9.98.